The summed E-state index contributed by atoms with van der Waals surface area (Å²) < 4.78 is 4.93. The first-order chi connectivity index (χ1) is 17.8. The standard InChI is InChI=1S/C23H23N5O7S2/c1-12(29)35-9-14-10-36-21-17(20(31)28(21)18(14)22(32)33)26-19(30)16(27-34-2)15-11-37-23(25-15)24-8-13-6-4-3-5-7-13/h3-7,11,17,21H,8-10H2,1-2H3,(H,24,25)(H,26,30)(H,32,33)/t17-,21-/m1/s1. The monoisotopic (exact) mass is 545 g/mol. The third-order valence-electron chi connectivity index (χ3n) is 5.42. The summed E-state index contributed by atoms with van der Waals surface area (Å²) >= 11 is 2.54. The van der Waals surface area contributed by atoms with E-state index in [2.05, 4.69) is 20.8 Å². The summed E-state index contributed by atoms with van der Waals surface area (Å²) in [5.74, 6) is -2.94. The van der Waals surface area contributed by atoms with Crippen LogP contribution in [-0.4, -0.2) is 75.3 Å². The van der Waals surface area contributed by atoms with Gasteiger partial charge in [-0.05, 0) is 5.56 Å². The Labute approximate surface area is 219 Å². The quantitative estimate of drug-likeness (QED) is 0.172. The largest absolute Gasteiger partial charge is 0.477 e. The van der Waals surface area contributed by atoms with Crippen LogP contribution in [-0.2, 0) is 35.3 Å². The number of hydrogen-bond acceptors (Lipinski definition) is 11. The van der Waals surface area contributed by atoms with Gasteiger partial charge in [0.1, 0.15) is 36.5 Å². The SMILES string of the molecule is CON=C(C(=O)N[C@@H]1C(=O)N2C(C(=O)O)=C(COC(C)=O)CS[C@H]12)c1csc(NCc2ccccc2)n1. The second-order valence-electron chi connectivity index (χ2n) is 7.90. The van der Waals surface area contributed by atoms with Gasteiger partial charge in [-0.25, -0.2) is 9.78 Å². The van der Waals surface area contributed by atoms with Crippen molar-refractivity contribution in [1.29, 1.82) is 0 Å². The van der Waals surface area contributed by atoms with Crippen molar-refractivity contribution in [3.63, 3.8) is 0 Å². The lowest BCUT2D eigenvalue weighted by Gasteiger charge is -2.49. The van der Waals surface area contributed by atoms with E-state index in [4.69, 9.17) is 9.57 Å². The Morgan fingerprint density at radius 3 is 2.70 bits per heavy atom. The molecular formula is C23H23N5O7S2. The lowest BCUT2D eigenvalue weighted by Crippen LogP contribution is -2.71. The number of thioether (sulfide) groups is 1. The van der Waals surface area contributed by atoms with Crippen molar-refractivity contribution in [2.75, 3.05) is 24.8 Å². The predicted octanol–water partition coefficient (Wildman–Crippen LogP) is 1.41. The molecule has 12 nitrogen and oxygen atoms in total. The van der Waals surface area contributed by atoms with Crippen LogP contribution in [0.5, 0.6) is 0 Å². The molecule has 194 valence electrons. The fourth-order valence-corrected chi connectivity index (χ4v) is 5.75. The average molecular weight is 546 g/mol. The highest BCUT2D eigenvalue weighted by atomic mass is 32.2. The molecule has 0 aliphatic carbocycles. The van der Waals surface area contributed by atoms with Crippen molar-refractivity contribution in [2.45, 2.75) is 24.9 Å². The van der Waals surface area contributed by atoms with Gasteiger partial charge in [0.2, 0.25) is 0 Å². The molecule has 3 N–H and O–H groups in total. The van der Waals surface area contributed by atoms with Gasteiger partial charge in [-0.2, -0.15) is 0 Å². The molecule has 2 aromatic rings. The molecule has 2 atom stereocenters. The van der Waals surface area contributed by atoms with E-state index in [0.717, 1.165) is 10.5 Å². The molecule has 3 heterocycles. The van der Waals surface area contributed by atoms with Crippen LogP contribution >= 0.6 is 23.1 Å². The molecule has 2 amide bonds. The summed E-state index contributed by atoms with van der Waals surface area (Å²) in [6.45, 7) is 1.53. The van der Waals surface area contributed by atoms with Crippen molar-refractivity contribution < 1.29 is 33.9 Å². The molecular weight excluding hydrogens is 522 g/mol. The number of benzene rings is 1. The fourth-order valence-electron chi connectivity index (χ4n) is 3.73. The number of anilines is 1. The summed E-state index contributed by atoms with van der Waals surface area (Å²) in [5, 5.41) is 20.9. The minimum atomic E-state index is -1.31. The summed E-state index contributed by atoms with van der Waals surface area (Å²) in [6.07, 6.45) is 0. The number of thiazole rings is 1. The Balaban J connectivity index is 1.44. The number of carbonyl (C=O) groups excluding carboxylic acids is 3. The van der Waals surface area contributed by atoms with Crippen molar-refractivity contribution >= 4 is 57.7 Å². The van der Waals surface area contributed by atoms with Gasteiger partial charge in [0, 0.05) is 30.2 Å². The molecule has 1 saturated heterocycles. The highest BCUT2D eigenvalue weighted by Crippen LogP contribution is 2.40. The second-order valence-corrected chi connectivity index (χ2v) is 9.86. The number of amides is 2. The molecule has 2 aliphatic rings. The summed E-state index contributed by atoms with van der Waals surface area (Å²) in [7, 11) is 1.29. The molecule has 0 bridgehead atoms. The number of esters is 1. The maximum absolute atomic E-state index is 13.1. The Hall–Kier alpha value is -3.91. The topological polar surface area (TPSA) is 160 Å². The van der Waals surface area contributed by atoms with Crippen molar-refractivity contribution in [2.24, 2.45) is 5.16 Å². The number of nitrogens with zero attached hydrogens (tertiary/aromatic N) is 3. The van der Waals surface area contributed by atoms with Crippen LogP contribution in [0.3, 0.4) is 0 Å². The lowest BCUT2D eigenvalue weighted by atomic mass is 10.0. The molecule has 1 aromatic carbocycles. The first-order valence-electron chi connectivity index (χ1n) is 11.0. The summed E-state index contributed by atoms with van der Waals surface area (Å²) in [4.78, 5) is 59.3. The summed E-state index contributed by atoms with van der Waals surface area (Å²) in [5.41, 5.74) is 1.27. The van der Waals surface area contributed by atoms with E-state index in [1.54, 1.807) is 5.38 Å². The van der Waals surface area contributed by atoms with Crippen LogP contribution in [0.1, 0.15) is 18.2 Å². The number of carbonyl (C=O) groups is 4. The highest BCUT2D eigenvalue weighted by molar-refractivity contribution is 8.00. The van der Waals surface area contributed by atoms with Crippen LogP contribution in [0.4, 0.5) is 5.13 Å². The van der Waals surface area contributed by atoms with Crippen molar-refractivity contribution in [1.82, 2.24) is 15.2 Å². The number of aliphatic carboxylic acids is 1. The lowest BCUT2D eigenvalue weighted by molar-refractivity contribution is -0.150. The maximum Gasteiger partial charge on any atom is 0.352 e. The van der Waals surface area contributed by atoms with Crippen LogP contribution in [0, 0.1) is 0 Å². The third kappa shape index (κ3) is 5.75. The number of nitrogens with one attached hydrogen (secondary N) is 2. The van der Waals surface area contributed by atoms with E-state index in [-0.39, 0.29) is 29.5 Å². The number of fused-ring (bicyclic) bond motifs is 1. The molecule has 0 saturated carbocycles. The average Bonchev–Trinajstić information content (AvgIpc) is 3.36. The van der Waals surface area contributed by atoms with Gasteiger partial charge in [0.15, 0.2) is 10.8 Å². The van der Waals surface area contributed by atoms with Crippen LogP contribution in [0.25, 0.3) is 0 Å². The first kappa shape index (κ1) is 26.2. The first-order valence-corrected chi connectivity index (χ1v) is 12.9. The number of carboxylic acids is 1. The minimum absolute atomic E-state index is 0.122. The Morgan fingerprint density at radius 1 is 1.27 bits per heavy atom. The zero-order valence-corrected chi connectivity index (χ0v) is 21.4. The molecule has 2 aliphatic heterocycles. The third-order valence-corrected chi connectivity index (χ3v) is 7.56. The van der Waals surface area contributed by atoms with Gasteiger partial charge in [-0.3, -0.25) is 19.3 Å². The highest BCUT2D eigenvalue weighted by Gasteiger charge is 2.54. The van der Waals surface area contributed by atoms with E-state index < -0.39 is 35.2 Å². The smallest absolute Gasteiger partial charge is 0.352 e. The fraction of sp³-hybridized carbons (Fsp3) is 0.304. The Kier molecular flexibility index (Phi) is 8.08. The second kappa shape index (κ2) is 11.4. The number of carboxylic acid groups (broad SMARTS) is 1. The molecule has 1 aromatic heterocycles. The van der Waals surface area contributed by atoms with E-state index in [1.807, 2.05) is 30.3 Å². The molecule has 0 spiro atoms. The number of rotatable bonds is 10. The zero-order valence-electron chi connectivity index (χ0n) is 19.8. The molecule has 14 heteroatoms. The Bertz CT molecular complexity index is 1280. The zero-order chi connectivity index (χ0) is 26.5. The van der Waals surface area contributed by atoms with Gasteiger partial charge in [-0.15, -0.1) is 23.1 Å². The summed E-state index contributed by atoms with van der Waals surface area (Å²) in [6, 6.07) is 8.76. The van der Waals surface area contributed by atoms with Gasteiger partial charge in [-0.1, -0.05) is 35.5 Å². The van der Waals surface area contributed by atoms with Crippen LogP contribution in [0.15, 0.2) is 52.1 Å². The van der Waals surface area contributed by atoms with E-state index in [9.17, 15) is 24.3 Å². The predicted molar refractivity (Wildman–Crippen MR) is 136 cm³/mol. The number of ether oxygens (including phenoxy) is 1. The van der Waals surface area contributed by atoms with Gasteiger partial charge >= 0.3 is 11.9 Å². The van der Waals surface area contributed by atoms with Crippen LogP contribution < -0.4 is 10.6 Å². The van der Waals surface area contributed by atoms with Crippen molar-refractivity contribution in [3.05, 3.63) is 58.2 Å². The van der Waals surface area contributed by atoms with E-state index >= 15 is 0 Å². The minimum Gasteiger partial charge on any atom is -0.477 e. The number of oxime groups is 1. The number of β-lactam (4-membered cyclic amide) rings is 1. The maximum atomic E-state index is 13.1. The van der Waals surface area contributed by atoms with Gasteiger partial charge < -0.3 is 25.3 Å². The van der Waals surface area contributed by atoms with Crippen LogP contribution in [0.2, 0.25) is 0 Å². The molecule has 0 unspecified atom stereocenters. The van der Waals surface area contributed by atoms with Gasteiger partial charge in [0.25, 0.3) is 11.8 Å². The van der Waals surface area contributed by atoms with E-state index in [0.29, 0.717) is 17.2 Å². The number of hydrogen-bond donors (Lipinski definition) is 3. The molecule has 1 fully saturated rings. The van der Waals surface area contributed by atoms with Gasteiger partial charge in [0.05, 0.1) is 0 Å². The molecule has 37 heavy (non-hydrogen) atoms. The Morgan fingerprint density at radius 2 is 2.03 bits per heavy atom. The molecule has 0 radical (unpaired) electrons. The normalized spacial score (nSPS) is 19.0. The van der Waals surface area contributed by atoms with Crippen molar-refractivity contribution in [3.8, 4) is 0 Å². The number of aromatic nitrogens is 1. The van der Waals surface area contributed by atoms with E-state index in [1.165, 1.54) is 37.1 Å². The molecule has 4 rings (SSSR count).